The second-order valence-electron chi connectivity index (χ2n) is 7.54. The molecule has 4 nitrogen and oxygen atoms in total. The SMILES string of the molecule is CCCCCCCCCCc1cc2c(o1)NC(OC1CCCC1)N=C2. The Morgan fingerprint density at radius 1 is 1.08 bits per heavy atom. The number of unbranched alkanes of at least 4 members (excludes halogenated alkanes) is 7. The van der Waals surface area contributed by atoms with Crippen molar-refractivity contribution in [3.63, 3.8) is 0 Å². The van der Waals surface area contributed by atoms with Gasteiger partial charge in [0, 0.05) is 12.6 Å². The van der Waals surface area contributed by atoms with Gasteiger partial charge < -0.3 is 14.5 Å². The fourth-order valence-electron chi connectivity index (χ4n) is 3.80. The summed E-state index contributed by atoms with van der Waals surface area (Å²) < 4.78 is 12.0. The number of aliphatic imine (C=N–C) groups is 1. The monoisotopic (exact) mass is 346 g/mol. The Bertz CT molecular complexity index is 532. The van der Waals surface area contributed by atoms with Crippen molar-refractivity contribution in [1.82, 2.24) is 0 Å². The summed E-state index contributed by atoms with van der Waals surface area (Å²) in [5, 5.41) is 3.29. The highest BCUT2D eigenvalue weighted by molar-refractivity contribution is 5.87. The molecule has 0 aromatic carbocycles. The third-order valence-corrected chi connectivity index (χ3v) is 5.32. The van der Waals surface area contributed by atoms with Crippen molar-refractivity contribution < 1.29 is 9.15 Å². The maximum atomic E-state index is 6.00. The van der Waals surface area contributed by atoms with Gasteiger partial charge in [0.15, 0.2) is 0 Å². The molecule has 1 N–H and O–H groups in total. The molecule has 1 atom stereocenters. The fourth-order valence-corrected chi connectivity index (χ4v) is 3.80. The van der Waals surface area contributed by atoms with E-state index in [4.69, 9.17) is 9.15 Å². The van der Waals surface area contributed by atoms with Crippen LogP contribution < -0.4 is 5.32 Å². The molecule has 3 rings (SSSR count). The molecule has 2 heterocycles. The molecule has 25 heavy (non-hydrogen) atoms. The molecular formula is C21H34N2O2. The maximum Gasteiger partial charge on any atom is 0.228 e. The Kier molecular flexibility index (Phi) is 7.40. The average molecular weight is 347 g/mol. The van der Waals surface area contributed by atoms with Crippen LogP contribution in [-0.2, 0) is 11.2 Å². The first kappa shape index (κ1) is 18.5. The molecule has 0 spiro atoms. The number of rotatable bonds is 11. The zero-order valence-corrected chi connectivity index (χ0v) is 15.8. The summed E-state index contributed by atoms with van der Waals surface area (Å²) >= 11 is 0. The topological polar surface area (TPSA) is 46.8 Å². The molecule has 4 heteroatoms. The molecule has 0 bridgehead atoms. The number of nitrogens with one attached hydrogen (secondary N) is 1. The van der Waals surface area contributed by atoms with Crippen molar-refractivity contribution in [2.24, 2.45) is 4.99 Å². The van der Waals surface area contributed by atoms with Crippen molar-refractivity contribution >= 4 is 12.1 Å². The summed E-state index contributed by atoms with van der Waals surface area (Å²) in [5.74, 6) is 1.89. The van der Waals surface area contributed by atoms with Gasteiger partial charge in [-0.1, -0.05) is 64.7 Å². The second-order valence-corrected chi connectivity index (χ2v) is 7.54. The van der Waals surface area contributed by atoms with Crippen LogP contribution in [0.5, 0.6) is 0 Å². The number of hydrogen-bond donors (Lipinski definition) is 1. The smallest absolute Gasteiger partial charge is 0.228 e. The van der Waals surface area contributed by atoms with E-state index < -0.39 is 0 Å². The molecular weight excluding hydrogens is 312 g/mol. The van der Waals surface area contributed by atoms with Crippen molar-refractivity contribution in [3.8, 4) is 0 Å². The first-order chi connectivity index (χ1) is 12.3. The highest BCUT2D eigenvalue weighted by Gasteiger charge is 2.23. The lowest BCUT2D eigenvalue weighted by atomic mass is 10.1. The van der Waals surface area contributed by atoms with Gasteiger partial charge in [-0.2, -0.15) is 0 Å². The molecule has 1 unspecified atom stereocenters. The Morgan fingerprint density at radius 3 is 2.56 bits per heavy atom. The van der Waals surface area contributed by atoms with Crippen molar-refractivity contribution in [2.75, 3.05) is 5.32 Å². The van der Waals surface area contributed by atoms with Gasteiger partial charge in [0.1, 0.15) is 5.76 Å². The number of furan rings is 1. The van der Waals surface area contributed by atoms with Gasteiger partial charge in [0.05, 0.1) is 11.7 Å². The molecule has 1 fully saturated rings. The summed E-state index contributed by atoms with van der Waals surface area (Å²) in [6, 6.07) is 2.12. The quantitative estimate of drug-likeness (QED) is 0.496. The van der Waals surface area contributed by atoms with Crippen molar-refractivity contribution in [2.45, 2.75) is 103 Å². The molecule has 1 saturated carbocycles. The van der Waals surface area contributed by atoms with E-state index in [-0.39, 0.29) is 6.35 Å². The lowest BCUT2D eigenvalue weighted by Gasteiger charge is -2.21. The van der Waals surface area contributed by atoms with E-state index in [0.29, 0.717) is 6.10 Å². The van der Waals surface area contributed by atoms with Crippen molar-refractivity contribution in [1.29, 1.82) is 0 Å². The summed E-state index contributed by atoms with van der Waals surface area (Å²) in [6.45, 7) is 2.27. The molecule has 2 aliphatic rings. The van der Waals surface area contributed by atoms with E-state index >= 15 is 0 Å². The standard InChI is InChI=1S/C21H34N2O2/c1-2-3-4-5-6-7-8-9-14-19-15-17-16-22-21(23-20(17)24-19)25-18-12-10-11-13-18/h15-16,18,21,23H,2-14H2,1H3. The van der Waals surface area contributed by atoms with Gasteiger partial charge >= 0.3 is 0 Å². The molecule has 0 amide bonds. The maximum absolute atomic E-state index is 6.00. The zero-order chi connectivity index (χ0) is 17.3. The summed E-state index contributed by atoms with van der Waals surface area (Å²) in [5.41, 5.74) is 1.06. The Hall–Kier alpha value is -1.29. The minimum absolute atomic E-state index is 0.280. The number of anilines is 1. The summed E-state index contributed by atoms with van der Waals surface area (Å²) in [7, 11) is 0. The van der Waals surface area contributed by atoms with E-state index in [1.54, 1.807) is 0 Å². The lowest BCUT2D eigenvalue weighted by molar-refractivity contribution is 0.0111. The van der Waals surface area contributed by atoms with Crippen LogP contribution in [0, 0.1) is 0 Å². The number of fused-ring (bicyclic) bond motifs is 1. The van der Waals surface area contributed by atoms with Gasteiger partial charge in [0.2, 0.25) is 12.2 Å². The first-order valence-electron chi connectivity index (χ1n) is 10.4. The van der Waals surface area contributed by atoms with Crippen LogP contribution in [0.15, 0.2) is 15.5 Å². The van der Waals surface area contributed by atoms with Crippen LogP contribution in [-0.4, -0.2) is 18.7 Å². The Labute approximate surface area is 152 Å². The van der Waals surface area contributed by atoms with Crippen LogP contribution in [0.25, 0.3) is 0 Å². The minimum atomic E-state index is -0.280. The van der Waals surface area contributed by atoms with Gasteiger partial charge in [0.25, 0.3) is 0 Å². The summed E-state index contributed by atoms with van der Waals surface area (Å²) in [4.78, 5) is 4.47. The second kappa shape index (κ2) is 10.0. The highest BCUT2D eigenvalue weighted by Crippen LogP contribution is 2.28. The van der Waals surface area contributed by atoms with Crippen LogP contribution in [0.3, 0.4) is 0 Å². The van der Waals surface area contributed by atoms with E-state index in [1.165, 1.54) is 64.2 Å². The first-order valence-corrected chi connectivity index (χ1v) is 10.4. The van der Waals surface area contributed by atoms with E-state index in [2.05, 4.69) is 23.3 Å². The number of nitrogens with zero attached hydrogens (tertiary/aromatic N) is 1. The zero-order valence-electron chi connectivity index (χ0n) is 15.8. The fraction of sp³-hybridized carbons (Fsp3) is 0.762. The Balaban J connectivity index is 1.34. The summed E-state index contributed by atoms with van der Waals surface area (Å²) in [6.07, 6.45) is 18.6. The third kappa shape index (κ3) is 5.88. The van der Waals surface area contributed by atoms with Gasteiger partial charge in [-0.3, -0.25) is 0 Å². The average Bonchev–Trinajstić information content (AvgIpc) is 3.26. The minimum Gasteiger partial charge on any atom is -0.445 e. The number of aryl methyl sites for hydroxylation is 1. The predicted octanol–water partition coefficient (Wildman–Crippen LogP) is 6.05. The van der Waals surface area contributed by atoms with E-state index in [0.717, 1.165) is 36.5 Å². The Morgan fingerprint density at radius 2 is 1.80 bits per heavy atom. The third-order valence-electron chi connectivity index (χ3n) is 5.32. The van der Waals surface area contributed by atoms with Crippen LogP contribution in [0.4, 0.5) is 5.88 Å². The molecule has 1 aliphatic heterocycles. The number of hydrogen-bond acceptors (Lipinski definition) is 4. The lowest BCUT2D eigenvalue weighted by Crippen LogP contribution is -2.28. The number of ether oxygens (including phenoxy) is 1. The molecule has 0 saturated heterocycles. The molecule has 1 aromatic rings. The van der Waals surface area contributed by atoms with Crippen LogP contribution in [0.1, 0.15) is 95.3 Å². The van der Waals surface area contributed by atoms with Crippen LogP contribution >= 0.6 is 0 Å². The van der Waals surface area contributed by atoms with Crippen LogP contribution in [0.2, 0.25) is 0 Å². The van der Waals surface area contributed by atoms with Gasteiger partial charge in [-0.15, -0.1) is 0 Å². The van der Waals surface area contributed by atoms with Gasteiger partial charge in [-0.25, -0.2) is 4.99 Å². The highest BCUT2D eigenvalue weighted by atomic mass is 16.5. The normalized spacial score (nSPS) is 20.0. The van der Waals surface area contributed by atoms with Crippen molar-refractivity contribution in [3.05, 3.63) is 17.4 Å². The predicted molar refractivity (Wildman–Crippen MR) is 103 cm³/mol. The van der Waals surface area contributed by atoms with E-state index in [9.17, 15) is 0 Å². The van der Waals surface area contributed by atoms with E-state index in [1.807, 2.05) is 6.21 Å². The molecule has 1 aliphatic carbocycles. The van der Waals surface area contributed by atoms with Gasteiger partial charge in [-0.05, 0) is 25.3 Å². The molecule has 0 radical (unpaired) electrons. The largest absolute Gasteiger partial charge is 0.445 e. The molecule has 140 valence electrons. The molecule has 1 aromatic heterocycles.